The first kappa shape index (κ1) is 12.7. The van der Waals surface area contributed by atoms with E-state index < -0.39 is 0 Å². The molecule has 0 aromatic heterocycles. The van der Waals surface area contributed by atoms with Crippen molar-refractivity contribution in [1.82, 2.24) is 0 Å². The molecule has 1 unspecified atom stereocenters. The fourth-order valence-electron chi connectivity index (χ4n) is 1.10. The highest BCUT2D eigenvalue weighted by atomic mass is 32.2. The second-order valence-corrected chi connectivity index (χ2v) is 4.59. The number of anilines is 1. The van der Waals surface area contributed by atoms with Crippen molar-refractivity contribution in [3.05, 3.63) is 18.2 Å². The van der Waals surface area contributed by atoms with E-state index in [0.717, 1.165) is 10.6 Å². The highest BCUT2D eigenvalue weighted by Gasteiger charge is 2.11. The highest BCUT2D eigenvalue weighted by Crippen LogP contribution is 2.31. The summed E-state index contributed by atoms with van der Waals surface area (Å²) in [7, 11) is 1.59. The molecule has 5 heteroatoms. The molecular weight excluding hydrogens is 224 g/mol. The molecule has 4 nitrogen and oxygen atoms in total. The van der Waals surface area contributed by atoms with Crippen LogP contribution in [0.1, 0.15) is 6.92 Å². The second kappa shape index (κ2) is 5.65. The Balaban J connectivity index is 2.70. The van der Waals surface area contributed by atoms with Gasteiger partial charge in [-0.15, -0.1) is 11.8 Å². The molecule has 1 amide bonds. The van der Waals surface area contributed by atoms with Crippen molar-refractivity contribution in [3.63, 3.8) is 0 Å². The first-order valence-electron chi connectivity index (χ1n) is 4.90. The molecule has 0 radical (unpaired) electrons. The number of carbonyl (C=O) groups is 1. The maximum absolute atomic E-state index is 10.9. The van der Waals surface area contributed by atoms with Crippen molar-refractivity contribution in [2.45, 2.75) is 11.8 Å². The molecule has 0 bridgehead atoms. The lowest BCUT2D eigenvalue weighted by atomic mass is 10.2. The van der Waals surface area contributed by atoms with Gasteiger partial charge in [-0.3, -0.25) is 4.79 Å². The average Bonchev–Trinajstić information content (AvgIpc) is 2.26. The number of benzene rings is 1. The van der Waals surface area contributed by atoms with Crippen molar-refractivity contribution in [3.8, 4) is 5.75 Å². The predicted molar refractivity (Wildman–Crippen MR) is 66.5 cm³/mol. The molecule has 0 spiro atoms. The van der Waals surface area contributed by atoms with Crippen LogP contribution < -0.4 is 16.2 Å². The summed E-state index contributed by atoms with van der Waals surface area (Å²) in [5.41, 5.74) is 11.5. The summed E-state index contributed by atoms with van der Waals surface area (Å²) < 4.78 is 5.20. The Morgan fingerprint density at radius 1 is 1.56 bits per heavy atom. The Labute approximate surface area is 99.3 Å². The van der Waals surface area contributed by atoms with Gasteiger partial charge in [0.2, 0.25) is 5.91 Å². The molecule has 1 rings (SSSR count). The largest absolute Gasteiger partial charge is 0.496 e. The summed E-state index contributed by atoms with van der Waals surface area (Å²) >= 11 is 1.54. The summed E-state index contributed by atoms with van der Waals surface area (Å²) in [6.07, 6.45) is 0. The third-order valence-electron chi connectivity index (χ3n) is 2.16. The third-order valence-corrected chi connectivity index (χ3v) is 3.48. The van der Waals surface area contributed by atoms with Gasteiger partial charge >= 0.3 is 0 Å². The highest BCUT2D eigenvalue weighted by molar-refractivity contribution is 7.99. The number of amides is 1. The molecule has 1 aromatic rings. The topological polar surface area (TPSA) is 78.3 Å². The Morgan fingerprint density at radius 3 is 2.81 bits per heavy atom. The number of rotatable bonds is 5. The van der Waals surface area contributed by atoms with Crippen LogP contribution >= 0.6 is 11.8 Å². The third kappa shape index (κ3) is 3.34. The fourth-order valence-corrected chi connectivity index (χ4v) is 2.14. The summed E-state index contributed by atoms with van der Waals surface area (Å²) in [5, 5.41) is 0. The number of carbonyl (C=O) groups excluding carboxylic acids is 1. The zero-order valence-corrected chi connectivity index (χ0v) is 10.2. The second-order valence-electron chi connectivity index (χ2n) is 3.52. The van der Waals surface area contributed by atoms with Crippen molar-refractivity contribution in [2.75, 3.05) is 18.6 Å². The average molecular weight is 240 g/mol. The Kier molecular flexibility index (Phi) is 4.49. The molecule has 88 valence electrons. The first-order chi connectivity index (χ1) is 7.54. The van der Waals surface area contributed by atoms with Gasteiger partial charge in [0, 0.05) is 28.3 Å². The van der Waals surface area contributed by atoms with E-state index in [1.165, 1.54) is 11.8 Å². The summed E-state index contributed by atoms with van der Waals surface area (Å²) in [5.74, 6) is 0.908. The number of nitrogens with two attached hydrogens (primary N) is 2. The van der Waals surface area contributed by atoms with Crippen LogP contribution in [-0.2, 0) is 4.79 Å². The molecular formula is C11H16N2O2S. The van der Waals surface area contributed by atoms with Gasteiger partial charge in [0.1, 0.15) is 5.75 Å². The van der Waals surface area contributed by atoms with E-state index in [1.807, 2.05) is 6.07 Å². The van der Waals surface area contributed by atoms with Gasteiger partial charge in [-0.2, -0.15) is 0 Å². The van der Waals surface area contributed by atoms with E-state index >= 15 is 0 Å². The SMILES string of the molecule is COc1cc(N)ccc1SCC(C)C(N)=O. The van der Waals surface area contributed by atoms with E-state index in [9.17, 15) is 4.79 Å². The first-order valence-corrected chi connectivity index (χ1v) is 5.88. The standard InChI is InChI=1S/C11H16N2O2S/c1-7(11(13)14)6-16-10-4-3-8(12)5-9(10)15-2/h3-5,7H,6,12H2,1-2H3,(H2,13,14). The minimum atomic E-state index is -0.290. The molecule has 0 aliphatic heterocycles. The van der Waals surface area contributed by atoms with Gasteiger partial charge in [-0.05, 0) is 12.1 Å². The minimum absolute atomic E-state index is 0.160. The Morgan fingerprint density at radius 2 is 2.25 bits per heavy atom. The van der Waals surface area contributed by atoms with Crippen molar-refractivity contribution >= 4 is 23.4 Å². The van der Waals surface area contributed by atoms with E-state index in [4.69, 9.17) is 16.2 Å². The maximum atomic E-state index is 10.9. The predicted octanol–water partition coefficient (Wildman–Crippen LogP) is 1.49. The number of methoxy groups -OCH3 is 1. The molecule has 0 aliphatic rings. The van der Waals surface area contributed by atoms with Crippen LogP contribution in [0.25, 0.3) is 0 Å². The van der Waals surface area contributed by atoms with Crippen LogP contribution in [0.3, 0.4) is 0 Å². The molecule has 0 heterocycles. The van der Waals surface area contributed by atoms with Crippen molar-refractivity contribution in [1.29, 1.82) is 0 Å². The maximum Gasteiger partial charge on any atom is 0.221 e. The van der Waals surface area contributed by atoms with Crippen LogP contribution in [0, 0.1) is 5.92 Å². The zero-order chi connectivity index (χ0) is 12.1. The zero-order valence-electron chi connectivity index (χ0n) is 9.40. The van der Waals surface area contributed by atoms with Crippen LogP contribution in [0.15, 0.2) is 23.1 Å². The monoisotopic (exact) mass is 240 g/mol. The lowest BCUT2D eigenvalue weighted by Crippen LogP contribution is -2.22. The molecule has 4 N–H and O–H groups in total. The van der Waals surface area contributed by atoms with Gasteiger partial charge < -0.3 is 16.2 Å². The quantitative estimate of drug-likeness (QED) is 0.603. The van der Waals surface area contributed by atoms with Gasteiger partial charge in [-0.1, -0.05) is 6.92 Å². The van der Waals surface area contributed by atoms with Crippen LogP contribution in [0.2, 0.25) is 0 Å². The Hall–Kier alpha value is -1.36. The fraction of sp³-hybridized carbons (Fsp3) is 0.364. The smallest absolute Gasteiger partial charge is 0.221 e. The van der Waals surface area contributed by atoms with E-state index in [1.54, 1.807) is 26.2 Å². The number of hydrogen-bond donors (Lipinski definition) is 2. The lowest BCUT2D eigenvalue weighted by molar-refractivity contribution is -0.120. The van der Waals surface area contributed by atoms with Gasteiger partial charge in [0.05, 0.1) is 7.11 Å². The van der Waals surface area contributed by atoms with E-state index in [2.05, 4.69) is 0 Å². The summed E-state index contributed by atoms with van der Waals surface area (Å²) in [6, 6.07) is 5.45. The molecule has 0 saturated heterocycles. The number of ether oxygens (including phenoxy) is 1. The summed E-state index contributed by atoms with van der Waals surface area (Å²) in [6.45, 7) is 1.80. The van der Waals surface area contributed by atoms with Crippen molar-refractivity contribution < 1.29 is 9.53 Å². The molecule has 1 aromatic carbocycles. The van der Waals surface area contributed by atoms with Crippen molar-refractivity contribution in [2.24, 2.45) is 11.7 Å². The number of nitrogen functional groups attached to an aromatic ring is 1. The molecule has 1 atom stereocenters. The Bertz CT molecular complexity index is 382. The van der Waals surface area contributed by atoms with E-state index in [-0.39, 0.29) is 11.8 Å². The number of hydrogen-bond acceptors (Lipinski definition) is 4. The lowest BCUT2D eigenvalue weighted by Gasteiger charge is -2.10. The molecule has 16 heavy (non-hydrogen) atoms. The van der Waals surface area contributed by atoms with Gasteiger partial charge in [0.15, 0.2) is 0 Å². The molecule has 0 saturated carbocycles. The van der Waals surface area contributed by atoms with Crippen LogP contribution in [0.5, 0.6) is 5.75 Å². The molecule has 0 fully saturated rings. The number of thioether (sulfide) groups is 1. The van der Waals surface area contributed by atoms with Crippen LogP contribution in [0.4, 0.5) is 5.69 Å². The normalized spacial score (nSPS) is 12.1. The van der Waals surface area contributed by atoms with Gasteiger partial charge in [-0.25, -0.2) is 0 Å². The minimum Gasteiger partial charge on any atom is -0.496 e. The van der Waals surface area contributed by atoms with Gasteiger partial charge in [0.25, 0.3) is 0 Å². The summed E-state index contributed by atoms with van der Waals surface area (Å²) in [4.78, 5) is 11.8. The molecule has 0 aliphatic carbocycles. The number of primary amides is 1. The van der Waals surface area contributed by atoms with Crippen LogP contribution in [-0.4, -0.2) is 18.8 Å². The van der Waals surface area contributed by atoms with E-state index in [0.29, 0.717) is 11.4 Å².